The largest absolute Gasteiger partial charge is 0.488 e. The van der Waals surface area contributed by atoms with Crippen LogP contribution in [0.25, 0.3) is 6.08 Å². The Bertz CT molecular complexity index is 520. The van der Waals surface area contributed by atoms with Gasteiger partial charge in [0, 0.05) is 18.7 Å². The first kappa shape index (κ1) is 14.6. The van der Waals surface area contributed by atoms with E-state index in [0.29, 0.717) is 25.1 Å². The number of para-hydroxylation sites is 1. The number of nitrogens with one attached hydrogen (secondary N) is 1. The molecule has 0 radical (unpaired) electrons. The Balaban J connectivity index is 1.99. The van der Waals surface area contributed by atoms with Gasteiger partial charge in [0.2, 0.25) is 0 Å². The maximum absolute atomic E-state index is 12.1. The van der Waals surface area contributed by atoms with Gasteiger partial charge in [-0.25, -0.2) is 0 Å². The molecule has 0 saturated carbocycles. The van der Waals surface area contributed by atoms with Crippen LogP contribution in [0, 0.1) is 5.41 Å². The van der Waals surface area contributed by atoms with E-state index in [2.05, 4.69) is 5.32 Å². The van der Waals surface area contributed by atoms with Gasteiger partial charge in [0.25, 0.3) is 5.91 Å². The second-order valence-electron chi connectivity index (χ2n) is 5.82. The predicted octanol–water partition coefficient (Wildman–Crippen LogP) is 1.99. The Morgan fingerprint density at radius 1 is 1.40 bits per heavy atom. The van der Waals surface area contributed by atoms with Gasteiger partial charge in [0.05, 0.1) is 5.57 Å². The molecule has 1 amide bonds. The highest BCUT2D eigenvalue weighted by Crippen LogP contribution is 2.26. The molecule has 0 aliphatic carbocycles. The molecule has 1 heterocycles. The van der Waals surface area contributed by atoms with Gasteiger partial charge in [-0.1, -0.05) is 32.0 Å². The van der Waals surface area contributed by atoms with Gasteiger partial charge in [-0.3, -0.25) is 4.79 Å². The van der Waals surface area contributed by atoms with Crippen molar-refractivity contribution in [1.82, 2.24) is 5.32 Å². The van der Waals surface area contributed by atoms with Gasteiger partial charge in [0.1, 0.15) is 12.4 Å². The molecule has 1 aromatic rings. The van der Waals surface area contributed by atoms with Crippen LogP contribution in [0.2, 0.25) is 0 Å². The standard InChI is InChI=1S/C16H21NO3/c1-16(2,7-8-18)11-17-15(19)13-9-12-5-3-4-6-14(12)20-10-13/h3-6,9,18H,7-8,10-11H2,1-2H3,(H,17,19). The number of aliphatic hydroxyl groups is 1. The van der Waals surface area contributed by atoms with Crippen molar-refractivity contribution in [1.29, 1.82) is 0 Å². The van der Waals surface area contributed by atoms with Crippen molar-refractivity contribution in [3.63, 3.8) is 0 Å². The molecule has 2 N–H and O–H groups in total. The van der Waals surface area contributed by atoms with Crippen molar-refractivity contribution in [3.05, 3.63) is 35.4 Å². The topological polar surface area (TPSA) is 58.6 Å². The number of carbonyl (C=O) groups is 1. The number of rotatable bonds is 5. The summed E-state index contributed by atoms with van der Waals surface area (Å²) in [4.78, 5) is 12.1. The number of amides is 1. The minimum Gasteiger partial charge on any atom is -0.488 e. The average Bonchev–Trinajstić information content (AvgIpc) is 2.44. The number of aliphatic hydroxyl groups excluding tert-OH is 1. The Labute approximate surface area is 119 Å². The van der Waals surface area contributed by atoms with Crippen LogP contribution in [0.5, 0.6) is 5.75 Å². The molecule has 108 valence electrons. The zero-order chi connectivity index (χ0) is 14.6. The van der Waals surface area contributed by atoms with Crippen molar-refractivity contribution in [2.45, 2.75) is 20.3 Å². The Kier molecular flexibility index (Phi) is 4.45. The van der Waals surface area contributed by atoms with E-state index in [1.54, 1.807) is 0 Å². The molecule has 4 heteroatoms. The number of ether oxygens (including phenoxy) is 1. The summed E-state index contributed by atoms with van der Waals surface area (Å²) >= 11 is 0. The number of fused-ring (bicyclic) bond motifs is 1. The molecule has 0 bridgehead atoms. The summed E-state index contributed by atoms with van der Waals surface area (Å²) in [5.41, 5.74) is 1.44. The van der Waals surface area contributed by atoms with Crippen molar-refractivity contribution < 1.29 is 14.6 Å². The van der Waals surface area contributed by atoms with E-state index >= 15 is 0 Å². The molecule has 0 aromatic heterocycles. The minimum atomic E-state index is -0.113. The Morgan fingerprint density at radius 2 is 2.15 bits per heavy atom. The quantitative estimate of drug-likeness (QED) is 0.864. The molecule has 2 rings (SSSR count). The molecule has 0 fully saturated rings. The summed E-state index contributed by atoms with van der Waals surface area (Å²) in [5, 5.41) is 11.9. The first-order valence-electron chi connectivity index (χ1n) is 6.83. The summed E-state index contributed by atoms with van der Waals surface area (Å²) in [7, 11) is 0. The number of benzene rings is 1. The highest BCUT2D eigenvalue weighted by atomic mass is 16.5. The smallest absolute Gasteiger partial charge is 0.250 e. The highest BCUT2D eigenvalue weighted by Gasteiger charge is 2.21. The van der Waals surface area contributed by atoms with Crippen LogP contribution in [0.4, 0.5) is 0 Å². The van der Waals surface area contributed by atoms with Gasteiger partial charge >= 0.3 is 0 Å². The average molecular weight is 275 g/mol. The third-order valence-electron chi connectivity index (χ3n) is 3.44. The van der Waals surface area contributed by atoms with Crippen molar-refractivity contribution in [3.8, 4) is 5.75 Å². The Hall–Kier alpha value is -1.81. The van der Waals surface area contributed by atoms with Crippen LogP contribution < -0.4 is 10.1 Å². The third-order valence-corrected chi connectivity index (χ3v) is 3.44. The van der Waals surface area contributed by atoms with Gasteiger partial charge in [-0.15, -0.1) is 0 Å². The summed E-state index contributed by atoms with van der Waals surface area (Å²) < 4.78 is 5.57. The van der Waals surface area contributed by atoms with Crippen LogP contribution in [0.3, 0.4) is 0 Å². The monoisotopic (exact) mass is 275 g/mol. The lowest BCUT2D eigenvalue weighted by molar-refractivity contribution is -0.118. The van der Waals surface area contributed by atoms with Gasteiger partial charge in [0.15, 0.2) is 0 Å². The third kappa shape index (κ3) is 3.61. The first-order chi connectivity index (χ1) is 9.52. The number of carbonyl (C=O) groups excluding carboxylic acids is 1. The molecule has 0 saturated heterocycles. The lowest BCUT2D eigenvalue weighted by atomic mass is 9.89. The van der Waals surface area contributed by atoms with Crippen molar-refractivity contribution in [2.24, 2.45) is 5.41 Å². The van der Waals surface area contributed by atoms with E-state index in [9.17, 15) is 4.79 Å². The lowest BCUT2D eigenvalue weighted by Crippen LogP contribution is -2.36. The van der Waals surface area contributed by atoms with E-state index < -0.39 is 0 Å². The second-order valence-corrected chi connectivity index (χ2v) is 5.82. The van der Waals surface area contributed by atoms with E-state index in [-0.39, 0.29) is 17.9 Å². The molecule has 1 aromatic carbocycles. The zero-order valence-electron chi connectivity index (χ0n) is 12.0. The van der Waals surface area contributed by atoms with E-state index in [1.807, 2.05) is 44.2 Å². The summed E-state index contributed by atoms with van der Waals surface area (Å²) in [6.45, 7) is 4.99. The molecule has 20 heavy (non-hydrogen) atoms. The zero-order valence-corrected chi connectivity index (χ0v) is 12.0. The fourth-order valence-corrected chi connectivity index (χ4v) is 2.07. The summed E-state index contributed by atoms with van der Waals surface area (Å²) in [6.07, 6.45) is 2.53. The van der Waals surface area contributed by atoms with Crippen LogP contribution in [0.15, 0.2) is 29.8 Å². The predicted molar refractivity (Wildman–Crippen MR) is 78.4 cm³/mol. The summed E-state index contributed by atoms with van der Waals surface area (Å²) in [5.74, 6) is 0.704. The lowest BCUT2D eigenvalue weighted by Gasteiger charge is -2.25. The van der Waals surface area contributed by atoms with Crippen LogP contribution in [-0.2, 0) is 4.79 Å². The van der Waals surface area contributed by atoms with E-state index in [1.165, 1.54) is 0 Å². The molecule has 0 unspecified atom stereocenters. The molecule has 1 aliphatic heterocycles. The maximum atomic E-state index is 12.1. The fraction of sp³-hybridized carbons (Fsp3) is 0.438. The van der Waals surface area contributed by atoms with Crippen molar-refractivity contribution >= 4 is 12.0 Å². The highest BCUT2D eigenvalue weighted by molar-refractivity contribution is 5.99. The molecule has 0 spiro atoms. The molecular formula is C16H21NO3. The maximum Gasteiger partial charge on any atom is 0.250 e. The number of hydrogen-bond acceptors (Lipinski definition) is 3. The van der Waals surface area contributed by atoms with Gasteiger partial charge < -0.3 is 15.2 Å². The SMILES string of the molecule is CC(C)(CCO)CNC(=O)C1=Cc2ccccc2OC1. The van der Waals surface area contributed by atoms with E-state index in [4.69, 9.17) is 9.84 Å². The molecule has 0 atom stereocenters. The first-order valence-corrected chi connectivity index (χ1v) is 6.83. The Morgan fingerprint density at radius 3 is 2.90 bits per heavy atom. The second kappa shape index (κ2) is 6.09. The van der Waals surface area contributed by atoms with Gasteiger partial charge in [-0.05, 0) is 24.0 Å². The van der Waals surface area contributed by atoms with Gasteiger partial charge in [-0.2, -0.15) is 0 Å². The normalized spacial score (nSPS) is 14.1. The minimum absolute atomic E-state index is 0.106. The van der Waals surface area contributed by atoms with E-state index in [0.717, 1.165) is 11.3 Å². The van der Waals surface area contributed by atoms with Crippen LogP contribution >= 0.6 is 0 Å². The molecule has 1 aliphatic rings. The number of hydrogen-bond donors (Lipinski definition) is 2. The van der Waals surface area contributed by atoms with Crippen LogP contribution in [0.1, 0.15) is 25.8 Å². The fourth-order valence-electron chi connectivity index (χ4n) is 2.07. The molecular weight excluding hydrogens is 254 g/mol. The molecule has 4 nitrogen and oxygen atoms in total. The van der Waals surface area contributed by atoms with Crippen LogP contribution in [-0.4, -0.2) is 30.8 Å². The van der Waals surface area contributed by atoms with Crippen molar-refractivity contribution in [2.75, 3.05) is 19.8 Å². The summed E-state index contributed by atoms with van der Waals surface area (Å²) in [6, 6.07) is 7.65.